The molecule has 0 heterocycles. The molecule has 0 spiro atoms. The molecule has 0 saturated carbocycles. The first-order valence-electron chi connectivity index (χ1n) is 7.80. The summed E-state index contributed by atoms with van der Waals surface area (Å²) in [6.45, 7) is 5.98. The van der Waals surface area contributed by atoms with Gasteiger partial charge in [0.05, 0.1) is 6.61 Å². The van der Waals surface area contributed by atoms with Gasteiger partial charge >= 0.3 is 5.97 Å². The van der Waals surface area contributed by atoms with Crippen LogP contribution < -0.4 is 0 Å². The normalized spacial score (nSPS) is 12.6. The molecule has 0 radical (unpaired) electrons. The van der Waals surface area contributed by atoms with Crippen molar-refractivity contribution >= 4 is 17.6 Å². The Hall–Kier alpha value is -2.61. The monoisotopic (exact) mass is 306 g/mol. The number of hydrogen-bond acceptors (Lipinski definition) is 2. The van der Waals surface area contributed by atoms with Crippen molar-refractivity contribution < 1.29 is 9.53 Å². The van der Waals surface area contributed by atoms with Gasteiger partial charge in [0, 0.05) is 5.57 Å². The topological polar surface area (TPSA) is 26.3 Å². The van der Waals surface area contributed by atoms with Crippen LogP contribution >= 0.6 is 0 Å². The molecule has 0 fully saturated rings. The molecule has 0 unspecified atom stereocenters. The van der Waals surface area contributed by atoms with Gasteiger partial charge in [-0.2, -0.15) is 0 Å². The molecule has 0 atom stereocenters. The van der Waals surface area contributed by atoms with E-state index >= 15 is 0 Å². The van der Waals surface area contributed by atoms with E-state index < -0.39 is 0 Å². The third kappa shape index (κ3) is 4.43. The minimum absolute atomic E-state index is 0.264. The molecule has 118 valence electrons. The SMILES string of the molecule is CCOC(=O)/C(C)=C(C)/C(=C\c1ccccc1)c1ccccc1. The summed E-state index contributed by atoms with van der Waals surface area (Å²) in [5, 5.41) is 0. The van der Waals surface area contributed by atoms with Crippen LogP contribution in [0.3, 0.4) is 0 Å². The average molecular weight is 306 g/mol. The molecule has 0 N–H and O–H groups in total. The van der Waals surface area contributed by atoms with Gasteiger partial charge in [0.15, 0.2) is 0 Å². The summed E-state index contributed by atoms with van der Waals surface area (Å²) in [6.07, 6.45) is 2.10. The fourth-order valence-corrected chi connectivity index (χ4v) is 2.34. The van der Waals surface area contributed by atoms with E-state index in [9.17, 15) is 4.79 Å². The molecule has 2 rings (SSSR count). The Morgan fingerprint density at radius 2 is 1.48 bits per heavy atom. The Morgan fingerprint density at radius 1 is 0.913 bits per heavy atom. The quantitative estimate of drug-likeness (QED) is 0.331. The van der Waals surface area contributed by atoms with E-state index in [1.807, 2.05) is 57.2 Å². The van der Waals surface area contributed by atoms with E-state index in [0.717, 1.165) is 22.3 Å². The number of carbonyl (C=O) groups excluding carboxylic acids is 1. The smallest absolute Gasteiger partial charge is 0.333 e. The zero-order valence-corrected chi connectivity index (χ0v) is 13.9. The van der Waals surface area contributed by atoms with Crippen molar-refractivity contribution in [2.75, 3.05) is 6.61 Å². The van der Waals surface area contributed by atoms with Crippen LogP contribution in [-0.4, -0.2) is 12.6 Å². The molecule has 2 nitrogen and oxygen atoms in total. The third-order valence-corrected chi connectivity index (χ3v) is 3.74. The van der Waals surface area contributed by atoms with Gasteiger partial charge in [0.25, 0.3) is 0 Å². The van der Waals surface area contributed by atoms with Crippen LogP contribution in [-0.2, 0) is 9.53 Å². The van der Waals surface area contributed by atoms with E-state index in [4.69, 9.17) is 4.74 Å². The molecule has 0 aliphatic rings. The zero-order chi connectivity index (χ0) is 16.7. The number of esters is 1. The highest BCUT2D eigenvalue weighted by Gasteiger charge is 2.13. The summed E-state index contributed by atoms with van der Waals surface area (Å²) in [5.41, 5.74) is 4.78. The van der Waals surface area contributed by atoms with E-state index in [1.54, 1.807) is 0 Å². The predicted molar refractivity (Wildman–Crippen MR) is 95.8 cm³/mol. The van der Waals surface area contributed by atoms with Crippen LogP contribution in [0.4, 0.5) is 0 Å². The molecule has 2 aromatic carbocycles. The lowest BCUT2D eigenvalue weighted by molar-refractivity contribution is -0.138. The van der Waals surface area contributed by atoms with Gasteiger partial charge in [0.1, 0.15) is 0 Å². The maximum Gasteiger partial charge on any atom is 0.333 e. The van der Waals surface area contributed by atoms with Gasteiger partial charge in [-0.25, -0.2) is 4.79 Å². The molecular formula is C21H22O2. The van der Waals surface area contributed by atoms with Crippen molar-refractivity contribution in [2.45, 2.75) is 20.8 Å². The summed E-state index contributed by atoms with van der Waals surface area (Å²) < 4.78 is 5.14. The minimum atomic E-state index is -0.264. The van der Waals surface area contributed by atoms with Crippen molar-refractivity contribution in [3.05, 3.63) is 82.9 Å². The highest BCUT2D eigenvalue weighted by molar-refractivity contribution is 5.98. The van der Waals surface area contributed by atoms with E-state index in [0.29, 0.717) is 12.2 Å². The molecule has 2 heteroatoms. The number of benzene rings is 2. The first-order chi connectivity index (χ1) is 11.1. The van der Waals surface area contributed by atoms with Crippen LogP contribution in [0, 0.1) is 0 Å². The molecular weight excluding hydrogens is 284 g/mol. The molecule has 0 aliphatic heterocycles. The minimum Gasteiger partial charge on any atom is -0.463 e. The number of carbonyl (C=O) groups is 1. The standard InChI is InChI=1S/C21H22O2/c1-4-23-21(22)17(3)16(2)20(19-13-9-6-10-14-19)15-18-11-7-5-8-12-18/h5-15H,4H2,1-3H3/b17-16+,20-15+. The maximum atomic E-state index is 12.1. The molecule has 2 aromatic rings. The maximum absolute atomic E-state index is 12.1. The predicted octanol–water partition coefficient (Wildman–Crippen LogP) is 5.13. The molecule has 0 saturated heterocycles. The second-order valence-electron chi connectivity index (χ2n) is 5.31. The molecule has 23 heavy (non-hydrogen) atoms. The van der Waals surface area contributed by atoms with Crippen LogP contribution in [0.1, 0.15) is 31.9 Å². The summed E-state index contributed by atoms with van der Waals surface area (Å²) in [4.78, 5) is 12.1. The lowest BCUT2D eigenvalue weighted by atomic mass is 9.93. The Balaban J connectivity index is 2.53. The molecule has 0 bridgehead atoms. The summed E-state index contributed by atoms with van der Waals surface area (Å²) in [7, 11) is 0. The summed E-state index contributed by atoms with van der Waals surface area (Å²) in [5.74, 6) is -0.264. The summed E-state index contributed by atoms with van der Waals surface area (Å²) >= 11 is 0. The number of rotatable bonds is 5. The Morgan fingerprint density at radius 3 is 2.04 bits per heavy atom. The highest BCUT2D eigenvalue weighted by Crippen LogP contribution is 2.28. The van der Waals surface area contributed by atoms with E-state index in [-0.39, 0.29) is 5.97 Å². The number of allylic oxidation sites excluding steroid dienone is 2. The number of ether oxygens (including phenoxy) is 1. The van der Waals surface area contributed by atoms with Crippen molar-refractivity contribution in [2.24, 2.45) is 0 Å². The van der Waals surface area contributed by atoms with Crippen LogP contribution in [0.15, 0.2) is 71.8 Å². The van der Waals surface area contributed by atoms with Crippen molar-refractivity contribution in [3.63, 3.8) is 0 Å². The van der Waals surface area contributed by atoms with Gasteiger partial charge < -0.3 is 4.74 Å². The van der Waals surface area contributed by atoms with E-state index in [2.05, 4.69) is 30.3 Å². The summed E-state index contributed by atoms with van der Waals surface area (Å²) in [6, 6.07) is 20.2. The van der Waals surface area contributed by atoms with Gasteiger partial charge in [-0.05, 0) is 49.1 Å². The van der Waals surface area contributed by atoms with Gasteiger partial charge in [0.2, 0.25) is 0 Å². The van der Waals surface area contributed by atoms with E-state index in [1.165, 1.54) is 0 Å². The van der Waals surface area contributed by atoms with Gasteiger partial charge in [-0.15, -0.1) is 0 Å². The van der Waals surface area contributed by atoms with Crippen LogP contribution in [0.2, 0.25) is 0 Å². The Bertz CT molecular complexity index is 710. The average Bonchev–Trinajstić information content (AvgIpc) is 2.60. The fourth-order valence-electron chi connectivity index (χ4n) is 2.34. The van der Waals surface area contributed by atoms with Crippen molar-refractivity contribution in [3.8, 4) is 0 Å². The van der Waals surface area contributed by atoms with Crippen molar-refractivity contribution in [1.29, 1.82) is 0 Å². The lowest BCUT2D eigenvalue weighted by Crippen LogP contribution is -2.07. The molecule has 0 amide bonds. The zero-order valence-electron chi connectivity index (χ0n) is 13.9. The fraction of sp³-hybridized carbons (Fsp3) is 0.190. The largest absolute Gasteiger partial charge is 0.463 e. The van der Waals surface area contributed by atoms with Gasteiger partial charge in [-0.3, -0.25) is 0 Å². The van der Waals surface area contributed by atoms with Crippen LogP contribution in [0.5, 0.6) is 0 Å². The molecule has 0 aliphatic carbocycles. The van der Waals surface area contributed by atoms with Crippen molar-refractivity contribution in [1.82, 2.24) is 0 Å². The number of hydrogen-bond donors (Lipinski definition) is 0. The Labute approximate surface area is 138 Å². The third-order valence-electron chi connectivity index (χ3n) is 3.74. The molecule has 0 aromatic heterocycles. The first kappa shape index (κ1) is 16.8. The van der Waals surface area contributed by atoms with Crippen LogP contribution in [0.25, 0.3) is 11.6 Å². The first-order valence-corrected chi connectivity index (χ1v) is 7.80. The second-order valence-corrected chi connectivity index (χ2v) is 5.31. The lowest BCUT2D eigenvalue weighted by Gasteiger charge is -2.13. The Kier molecular flexibility index (Phi) is 5.93. The second kappa shape index (κ2) is 8.14. The highest BCUT2D eigenvalue weighted by atomic mass is 16.5. The van der Waals surface area contributed by atoms with Gasteiger partial charge in [-0.1, -0.05) is 60.7 Å².